The smallest absolute Gasteiger partial charge is 0.404 e. The molecule has 2 amide bonds. The number of rotatable bonds is 9. The molecule has 4 fully saturated rings. The summed E-state index contributed by atoms with van der Waals surface area (Å²) in [6, 6.07) is 14.8. The van der Waals surface area contributed by atoms with Gasteiger partial charge >= 0.3 is 7.12 Å². The molecular weight excluding hydrogens is 571 g/mol. The van der Waals surface area contributed by atoms with Gasteiger partial charge in [0.05, 0.1) is 27.9 Å². The van der Waals surface area contributed by atoms with Crippen molar-refractivity contribution in [3.05, 3.63) is 65.3 Å². The van der Waals surface area contributed by atoms with Crippen LogP contribution in [0.2, 0.25) is 0 Å². The van der Waals surface area contributed by atoms with Crippen molar-refractivity contribution in [2.75, 3.05) is 0 Å². The molecule has 2 aromatic carbocycles. The number of aromatic nitrogens is 2. The van der Waals surface area contributed by atoms with Gasteiger partial charge in [-0.25, -0.2) is 4.98 Å². The number of nitrogens with one attached hydrogen (secondary N) is 3. The van der Waals surface area contributed by atoms with Gasteiger partial charge in [0.1, 0.15) is 6.04 Å². The number of hydrogen-bond donors (Lipinski definition) is 3. The lowest BCUT2D eigenvalue weighted by Gasteiger charge is -2.64. The molecule has 3 N–H and O–H groups in total. The van der Waals surface area contributed by atoms with Crippen molar-refractivity contribution >= 4 is 51.4 Å². The highest BCUT2D eigenvalue weighted by Crippen LogP contribution is 2.65. The average Bonchev–Trinajstić information content (AvgIpc) is 3.70. The molecule has 2 aromatic heterocycles. The molecule has 8 rings (SSSR count). The highest BCUT2D eigenvalue weighted by Gasteiger charge is 2.68. The van der Waals surface area contributed by atoms with Gasteiger partial charge in [0, 0.05) is 23.5 Å². The number of fused-ring (bicyclic) bond motifs is 2. The first-order valence-corrected chi connectivity index (χ1v) is 16.7. The molecule has 3 aliphatic carbocycles. The molecule has 6 atom stereocenters. The lowest BCUT2D eigenvalue weighted by Crippen LogP contribution is -2.65. The van der Waals surface area contributed by atoms with E-state index in [0.29, 0.717) is 35.6 Å². The fourth-order valence-corrected chi connectivity index (χ4v) is 8.89. The lowest BCUT2D eigenvalue weighted by atomic mass is 9.43. The second kappa shape index (κ2) is 11.0. The Kier molecular flexibility index (Phi) is 7.37. The summed E-state index contributed by atoms with van der Waals surface area (Å²) in [6.07, 6.45) is 5.12. The van der Waals surface area contributed by atoms with E-state index in [1.807, 2.05) is 54.7 Å². The van der Waals surface area contributed by atoms with E-state index in [1.54, 1.807) is 0 Å². The lowest BCUT2D eigenvalue weighted by molar-refractivity contribution is -0.199. The van der Waals surface area contributed by atoms with Crippen LogP contribution < -0.4 is 10.6 Å². The number of H-pyrrole nitrogens is 1. The summed E-state index contributed by atoms with van der Waals surface area (Å²) in [6.45, 7) is 11.2. The topological polar surface area (TPSA) is 105 Å². The second-order valence-corrected chi connectivity index (χ2v) is 15.2. The maximum atomic E-state index is 14.2. The molecule has 0 radical (unpaired) electrons. The summed E-state index contributed by atoms with van der Waals surface area (Å²) in [5.74, 6) is 0.409. The Balaban J connectivity index is 1.14. The zero-order valence-electron chi connectivity index (χ0n) is 26.1. The minimum atomic E-state index is -0.825. The van der Waals surface area contributed by atoms with Gasteiger partial charge < -0.3 is 24.9 Å². The predicted molar refractivity (Wildman–Crippen MR) is 174 cm³/mol. The number of para-hydroxylation sites is 2. The van der Waals surface area contributed by atoms with Crippen LogP contribution in [0.25, 0.3) is 21.1 Å². The molecule has 2 bridgehead atoms. The van der Waals surface area contributed by atoms with Crippen molar-refractivity contribution in [2.45, 2.75) is 84.0 Å². The van der Waals surface area contributed by atoms with Gasteiger partial charge in [-0.05, 0) is 73.1 Å². The second-order valence-electron chi connectivity index (χ2n) is 14.2. The van der Waals surface area contributed by atoms with Crippen LogP contribution in [0, 0.1) is 23.2 Å². The quantitative estimate of drug-likeness (QED) is 0.204. The van der Waals surface area contributed by atoms with Gasteiger partial charge in [0.2, 0.25) is 5.91 Å². The Morgan fingerprint density at radius 2 is 1.86 bits per heavy atom. The van der Waals surface area contributed by atoms with Crippen LogP contribution in [-0.2, 0) is 20.5 Å². The van der Waals surface area contributed by atoms with Crippen molar-refractivity contribution in [3.8, 4) is 0 Å². The number of thiazole rings is 1. The molecule has 4 aliphatic rings. The van der Waals surface area contributed by atoms with Crippen LogP contribution >= 0.6 is 11.3 Å². The summed E-state index contributed by atoms with van der Waals surface area (Å²) < 4.78 is 14.3. The van der Waals surface area contributed by atoms with E-state index in [2.05, 4.69) is 55.2 Å². The normalized spacial score (nSPS) is 26.8. The molecule has 44 heavy (non-hydrogen) atoms. The predicted octanol–water partition coefficient (Wildman–Crippen LogP) is 5.92. The van der Waals surface area contributed by atoms with Crippen LogP contribution in [0.3, 0.4) is 0 Å². The molecule has 230 valence electrons. The molecule has 8 nitrogen and oxygen atoms in total. The molecule has 10 heteroatoms. The highest BCUT2D eigenvalue weighted by molar-refractivity contribution is 7.20. The van der Waals surface area contributed by atoms with Crippen LogP contribution in [-0.4, -0.2) is 52.6 Å². The van der Waals surface area contributed by atoms with E-state index in [0.717, 1.165) is 33.1 Å². The molecule has 4 aromatic rings. The van der Waals surface area contributed by atoms with E-state index < -0.39 is 13.2 Å². The molecule has 3 saturated carbocycles. The Morgan fingerprint density at radius 3 is 2.64 bits per heavy atom. The summed E-state index contributed by atoms with van der Waals surface area (Å²) in [5.41, 5.74) is 2.58. The number of hydrogen-bond acceptors (Lipinski definition) is 6. The third-order valence-corrected chi connectivity index (χ3v) is 11.6. The fourth-order valence-electron chi connectivity index (χ4n) is 8.02. The first kappa shape index (κ1) is 29.5. The van der Waals surface area contributed by atoms with Crippen molar-refractivity contribution in [1.29, 1.82) is 0 Å². The molecule has 3 heterocycles. The standard InChI is InChI=1S/C34H41BN4O4S/c1-19(2)14-29(35-42-28-17-21-16-27(33(21,3)4)34(28,5)43-35)39-30(40)25(15-20-18-36-23-11-7-6-10-22(20)23)37-31(41)32-38-24-12-8-9-13-26(24)44-32/h6-13,18-19,21,25,27-29,36H,14-17H2,1-5H3,(H,37,41)(H,39,40)/t21-,25-,27-,28+,29-,34-/m0/s1. The van der Waals surface area contributed by atoms with E-state index in [1.165, 1.54) is 17.8 Å². The Hall–Kier alpha value is -3.21. The number of carbonyl (C=O) groups excluding carboxylic acids is 2. The van der Waals surface area contributed by atoms with E-state index >= 15 is 0 Å². The van der Waals surface area contributed by atoms with Crippen molar-refractivity contribution in [3.63, 3.8) is 0 Å². The number of nitrogens with zero attached hydrogens (tertiary/aromatic N) is 1. The Morgan fingerprint density at radius 1 is 1.09 bits per heavy atom. The van der Waals surface area contributed by atoms with Crippen molar-refractivity contribution < 1.29 is 18.9 Å². The molecular formula is C34H41BN4O4S. The summed E-state index contributed by atoms with van der Waals surface area (Å²) in [5, 5.41) is 7.67. The van der Waals surface area contributed by atoms with Gasteiger partial charge in [0.25, 0.3) is 5.91 Å². The number of carbonyl (C=O) groups is 2. The van der Waals surface area contributed by atoms with Crippen LogP contribution in [0.5, 0.6) is 0 Å². The van der Waals surface area contributed by atoms with Gasteiger partial charge in [-0.15, -0.1) is 11.3 Å². The molecule has 0 unspecified atom stereocenters. The van der Waals surface area contributed by atoms with Crippen molar-refractivity contribution in [1.82, 2.24) is 20.6 Å². The fraction of sp³-hybridized carbons (Fsp3) is 0.500. The van der Waals surface area contributed by atoms with Crippen molar-refractivity contribution in [2.24, 2.45) is 23.2 Å². The largest absolute Gasteiger partial charge is 0.481 e. The third kappa shape index (κ3) is 5.05. The highest BCUT2D eigenvalue weighted by atomic mass is 32.1. The number of aromatic amines is 1. The Bertz CT molecular complexity index is 1680. The summed E-state index contributed by atoms with van der Waals surface area (Å²) in [4.78, 5) is 35.6. The van der Waals surface area contributed by atoms with Crippen LogP contribution in [0.15, 0.2) is 54.7 Å². The zero-order valence-corrected chi connectivity index (χ0v) is 26.9. The summed E-state index contributed by atoms with van der Waals surface area (Å²) in [7, 11) is -0.541. The number of benzene rings is 2. The first-order chi connectivity index (χ1) is 21.0. The first-order valence-electron chi connectivity index (χ1n) is 15.9. The van der Waals surface area contributed by atoms with Gasteiger partial charge in [-0.1, -0.05) is 58.0 Å². The minimum absolute atomic E-state index is 0.0246. The van der Waals surface area contributed by atoms with Gasteiger partial charge in [0.15, 0.2) is 5.01 Å². The maximum absolute atomic E-state index is 14.2. The zero-order chi connectivity index (χ0) is 30.8. The maximum Gasteiger partial charge on any atom is 0.481 e. The van der Waals surface area contributed by atoms with Crippen LogP contribution in [0.1, 0.15) is 69.2 Å². The minimum Gasteiger partial charge on any atom is -0.404 e. The third-order valence-electron chi connectivity index (χ3n) is 10.6. The number of amides is 2. The Labute approximate surface area is 262 Å². The van der Waals surface area contributed by atoms with E-state index in [4.69, 9.17) is 9.31 Å². The molecule has 0 spiro atoms. The molecule has 1 aliphatic heterocycles. The average molecular weight is 613 g/mol. The summed E-state index contributed by atoms with van der Waals surface area (Å²) >= 11 is 1.33. The monoisotopic (exact) mass is 612 g/mol. The van der Waals surface area contributed by atoms with Gasteiger partial charge in [-0.2, -0.15) is 0 Å². The van der Waals surface area contributed by atoms with Crippen LogP contribution in [0.4, 0.5) is 0 Å². The molecule has 1 saturated heterocycles. The van der Waals surface area contributed by atoms with Gasteiger partial charge in [-0.3, -0.25) is 9.59 Å². The SMILES string of the molecule is CC(C)C[C@H](NC(=O)[C@H](Cc1c[nH]c2ccccc12)NC(=O)c1nc2ccccc2s1)B1O[C@@H]2C[C@@H]3C[C@@H](C3(C)C)[C@]2(C)O1. The van der Waals surface area contributed by atoms with E-state index in [9.17, 15) is 9.59 Å². The van der Waals surface area contributed by atoms with E-state index in [-0.39, 0.29) is 34.9 Å².